The molecule has 122 valence electrons. The van der Waals surface area contributed by atoms with Crippen LogP contribution in [0.15, 0.2) is 65.1 Å². The second-order valence-electron chi connectivity index (χ2n) is 5.77. The molecule has 3 nitrogen and oxygen atoms in total. The quantitative estimate of drug-likeness (QED) is 0.659. The number of carbonyl (C=O) groups excluding carboxylic acids is 1. The number of ketones is 1. The van der Waals surface area contributed by atoms with Gasteiger partial charge in [-0.15, -0.1) is 0 Å². The lowest BCUT2D eigenvalue weighted by molar-refractivity contribution is 0.0746. The van der Waals surface area contributed by atoms with Crippen molar-refractivity contribution >= 4 is 21.7 Å². The van der Waals surface area contributed by atoms with Crippen LogP contribution in [0.5, 0.6) is 0 Å². The van der Waals surface area contributed by atoms with E-state index < -0.39 is 6.10 Å². The van der Waals surface area contributed by atoms with Crippen molar-refractivity contribution in [3.63, 3.8) is 0 Å². The van der Waals surface area contributed by atoms with Crippen molar-refractivity contribution in [1.82, 2.24) is 4.57 Å². The normalized spacial score (nSPS) is 12.2. The van der Waals surface area contributed by atoms with Crippen LogP contribution in [0.4, 0.5) is 0 Å². The van der Waals surface area contributed by atoms with E-state index in [1.165, 1.54) is 0 Å². The third-order valence-corrected chi connectivity index (χ3v) is 4.69. The lowest BCUT2D eigenvalue weighted by Gasteiger charge is -2.13. The van der Waals surface area contributed by atoms with Gasteiger partial charge in [-0.3, -0.25) is 4.79 Å². The Labute approximate surface area is 149 Å². The van der Waals surface area contributed by atoms with Gasteiger partial charge in [0.25, 0.3) is 0 Å². The number of aromatic nitrogens is 1. The summed E-state index contributed by atoms with van der Waals surface area (Å²) in [7, 11) is 0. The molecule has 1 N–H and O–H groups in total. The molecule has 3 aromatic rings. The lowest BCUT2D eigenvalue weighted by Crippen LogP contribution is -2.13. The summed E-state index contributed by atoms with van der Waals surface area (Å²) in [5, 5.41) is 10.6. The summed E-state index contributed by atoms with van der Waals surface area (Å²) in [6, 6.07) is 18.7. The topological polar surface area (TPSA) is 42.2 Å². The molecular weight excluding hydrogens is 366 g/mol. The fourth-order valence-corrected chi connectivity index (χ4v) is 3.22. The molecule has 0 bridgehead atoms. The minimum absolute atomic E-state index is 0.286. The molecule has 0 spiro atoms. The molecule has 0 amide bonds. The Bertz CT molecular complexity index is 867. The molecule has 0 aliphatic heterocycles. The van der Waals surface area contributed by atoms with Gasteiger partial charge in [0.2, 0.25) is 0 Å². The van der Waals surface area contributed by atoms with Gasteiger partial charge in [0, 0.05) is 32.7 Å². The van der Waals surface area contributed by atoms with Gasteiger partial charge in [-0.25, -0.2) is 0 Å². The van der Waals surface area contributed by atoms with E-state index in [9.17, 15) is 9.90 Å². The van der Waals surface area contributed by atoms with Gasteiger partial charge in [0.1, 0.15) is 6.10 Å². The Morgan fingerprint density at radius 1 is 1.04 bits per heavy atom. The average Bonchev–Trinajstić information content (AvgIpc) is 2.90. The first kappa shape index (κ1) is 16.7. The Balaban J connectivity index is 1.99. The summed E-state index contributed by atoms with van der Waals surface area (Å²) in [5.41, 5.74) is 4.00. The number of hydrogen-bond acceptors (Lipinski definition) is 2. The standard InChI is InChI=1S/C20H18BrNO2/c1-13-12-18(20(24)19(23)15-6-4-3-5-7-15)14(2)22(13)17-10-8-16(21)9-11-17/h3-12,20,24H,1-2H3. The third-order valence-electron chi connectivity index (χ3n) is 4.16. The Hall–Kier alpha value is -2.17. The van der Waals surface area contributed by atoms with Crippen LogP contribution in [0, 0.1) is 13.8 Å². The van der Waals surface area contributed by atoms with E-state index in [1.807, 2.05) is 54.8 Å². The molecule has 0 aliphatic carbocycles. The number of halogens is 1. The highest BCUT2D eigenvalue weighted by molar-refractivity contribution is 9.10. The van der Waals surface area contributed by atoms with E-state index in [1.54, 1.807) is 24.3 Å². The maximum Gasteiger partial charge on any atom is 0.195 e. The Morgan fingerprint density at radius 2 is 1.67 bits per heavy atom. The van der Waals surface area contributed by atoms with Gasteiger partial charge < -0.3 is 9.67 Å². The minimum atomic E-state index is -1.16. The van der Waals surface area contributed by atoms with Crippen molar-refractivity contribution in [3.05, 3.63) is 87.7 Å². The maximum absolute atomic E-state index is 12.5. The summed E-state index contributed by atoms with van der Waals surface area (Å²) in [6.07, 6.45) is -1.16. The number of rotatable bonds is 4. The second kappa shape index (κ2) is 6.75. The molecule has 2 aromatic carbocycles. The van der Waals surface area contributed by atoms with Crippen LogP contribution in [-0.4, -0.2) is 15.5 Å². The van der Waals surface area contributed by atoms with E-state index in [2.05, 4.69) is 15.9 Å². The van der Waals surface area contributed by atoms with E-state index in [4.69, 9.17) is 0 Å². The van der Waals surface area contributed by atoms with Crippen LogP contribution in [0.2, 0.25) is 0 Å². The van der Waals surface area contributed by atoms with Crippen molar-refractivity contribution in [2.24, 2.45) is 0 Å². The van der Waals surface area contributed by atoms with E-state index in [0.29, 0.717) is 11.1 Å². The van der Waals surface area contributed by atoms with Gasteiger partial charge in [0.05, 0.1) is 0 Å². The number of Topliss-reactive ketones (excluding diaryl/α,β-unsaturated/α-hetero) is 1. The minimum Gasteiger partial charge on any atom is -0.380 e. The number of aliphatic hydroxyl groups excluding tert-OH is 1. The number of benzene rings is 2. The van der Waals surface area contributed by atoms with Gasteiger partial charge in [-0.05, 0) is 44.2 Å². The molecule has 0 radical (unpaired) electrons. The molecule has 1 aromatic heterocycles. The highest BCUT2D eigenvalue weighted by atomic mass is 79.9. The van der Waals surface area contributed by atoms with Crippen molar-refractivity contribution in [2.45, 2.75) is 20.0 Å². The largest absolute Gasteiger partial charge is 0.380 e. The average molecular weight is 384 g/mol. The summed E-state index contributed by atoms with van der Waals surface area (Å²) in [5.74, 6) is -0.286. The smallest absolute Gasteiger partial charge is 0.195 e. The number of carbonyl (C=O) groups is 1. The number of hydrogen-bond donors (Lipinski definition) is 1. The van der Waals surface area contributed by atoms with E-state index in [0.717, 1.165) is 21.5 Å². The molecular formula is C20H18BrNO2. The van der Waals surface area contributed by atoms with Crippen LogP contribution >= 0.6 is 15.9 Å². The predicted octanol–water partition coefficient (Wildman–Crippen LogP) is 4.77. The SMILES string of the molecule is Cc1cc(C(O)C(=O)c2ccccc2)c(C)n1-c1ccc(Br)cc1. The van der Waals surface area contributed by atoms with Crippen molar-refractivity contribution in [3.8, 4) is 5.69 Å². The summed E-state index contributed by atoms with van der Waals surface area (Å²) in [4.78, 5) is 12.5. The monoisotopic (exact) mass is 383 g/mol. The highest BCUT2D eigenvalue weighted by Gasteiger charge is 2.24. The van der Waals surface area contributed by atoms with Gasteiger partial charge in [0.15, 0.2) is 5.78 Å². The molecule has 1 atom stereocenters. The van der Waals surface area contributed by atoms with Crippen molar-refractivity contribution in [2.75, 3.05) is 0 Å². The fourth-order valence-electron chi connectivity index (χ4n) is 2.95. The first-order chi connectivity index (χ1) is 11.5. The number of aryl methyl sites for hydroxylation is 1. The van der Waals surface area contributed by atoms with E-state index in [-0.39, 0.29) is 5.78 Å². The lowest BCUT2D eigenvalue weighted by atomic mass is 10.0. The second-order valence-corrected chi connectivity index (χ2v) is 6.69. The Kier molecular flexibility index (Phi) is 4.69. The van der Waals surface area contributed by atoms with E-state index >= 15 is 0 Å². The molecule has 0 aliphatic rings. The molecule has 1 heterocycles. The first-order valence-electron chi connectivity index (χ1n) is 7.71. The summed E-state index contributed by atoms with van der Waals surface area (Å²) >= 11 is 3.43. The molecule has 0 fully saturated rings. The van der Waals surface area contributed by atoms with Crippen LogP contribution in [0.3, 0.4) is 0 Å². The van der Waals surface area contributed by atoms with Crippen molar-refractivity contribution < 1.29 is 9.90 Å². The highest BCUT2D eigenvalue weighted by Crippen LogP contribution is 2.28. The number of nitrogens with zero attached hydrogens (tertiary/aromatic N) is 1. The molecule has 4 heteroatoms. The predicted molar refractivity (Wildman–Crippen MR) is 98.7 cm³/mol. The first-order valence-corrected chi connectivity index (χ1v) is 8.50. The maximum atomic E-state index is 12.5. The summed E-state index contributed by atoms with van der Waals surface area (Å²) < 4.78 is 3.05. The van der Waals surface area contributed by atoms with Crippen LogP contribution in [0.25, 0.3) is 5.69 Å². The molecule has 1 unspecified atom stereocenters. The third kappa shape index (κ3) is 3.07. The fraction of sp³-hybridized carbons (Fsp3) is 0.150. The van der Waals surface area contributed by atoms with Crippen LogP contribution < -0.4 is 0 Å². The zero-order valence-corrected chi connectivity index (χ0v) is 15.1. The zero-order chi connectivity index (χ0) is 17.3. The van der Waals surface area contributed by atoms with Gasteiger partial charge >= 0.3 is 0 Å². The number of aliphatic hydroxyl groups is 1. The van der Waals surface area contributed by atoms with Crippen molar-refractivity contribution in [1.29, 1.82) is 0 Å². The summed E-state index contributed by atoms with van der Waals surface area (Å²) in [6.45, 7) is 3.89. The van der Waals surface area contributed by atoms with Gasteiger partial charge in [-0.2, -0.15) is 0 Å². The zero-order valence-electron chi connectivity index (χ0n) is 13.5. The molecule has 3 rings (SSSR count). The molecule has 0 saturated carbocycles. The van der Waals surface area contributed by atoms with Gasteiger partial charge in [-0.1, -0.05) is 46.3 Å². The van der Waals surface area contributed by atoms with Crippen LogP contribution in [0.1, 0.15) is 33.4 Å². The molecule has 24 heavy (non-hydrogen) atoms. The van der Waals surface area contributed by atoms with Crippen LogP contribution in [-0.2, 0) is 0 Å². The Morgan fingerprint density at radius 3 is 2.29 bits per heavy atom. The molecule has 0 saturated heterocycles.